The summed E-state index contributed by atoms with van der Waals surface area (Å²) in [5, 5.41) is 1.90. The van der Waals surface area contributed by atoms with E-state index < -0.39 is 11.7 Å². The van der Waals surface area contributed by atoms with Gasteiger partial charge in [0.25, 0.3) is 0 Å². The van der Waals surface area contributed by atoms with Gasteiger partial charge in [-0.3, -0.25) is 0 Å². The average molecular weight is 491 g/mol. The second-order valence-corrected chi connectivity index (χ2v) is 9.35. The van der Waals surface area contributed by atoms with Crippen molar-refractivity contribution in [3.63, 3.8) is 0 Å². The van der Waals surface area contributed by atoms with Crippen LogP contribution in [0.1, 0.15) is 58.6 Å². The van der Waals surface area contributed by atoms with Crippen LogP contribution in [0.3, 0.4) is 0 Å². The molecule has 1 heterocycles. The lowest BCUT2D eigenvalue weighted by Crippen LogP contribution is -2.33. The molecule has 0 aliphatic carbocycles. The number of rotatable bonds is 8. The summed E-state index contributed by atoms with van der Waals surface area (Å²) in [7, 11) is 1.38. The fraction of sp³-hybridized carbons (Fsp3) is 0.370. The average Bonchev–Trinajstić information content (AvgIpc) is 3.29. The number of carbonyl (C=O) groups is 1. The molecule has 0 unspecified atom stereocenters. The smallest absolute Gasteiger partial charge is 0.416 e. The highest BCUT2D eigenvalue weighted by atomic mass is 32.1. The largest absolute Gasteiger partial charge is 0.493 e. The lowest BCUT2D eigenvalue weighted by Gasteiger charge is -2.32. The monoisotopic (exact) mass is 490 g/mol. The Morgan fingerprint density at radius 2 is 1.56 bits per heavy atom. The fourth-order valence-corrected chi connectivity index (χ4v) is 5.33. The molecule has 0 aliphatic heterocycles. The second-order valence-electron chi connectivity index (χ2n) is 8.44. The summed E-state index contributed by atoms with van der Waals surface area (Å²) in [5.41, 5.74) is 3.37. The minimum Gasteiger partial charge on any atom is -0.493 e. The highest BCUT2D eigenvalue weighted by Gasteiger charge is 2.35. The standard InChI is InChI=1S/C27H29F3O3S/c1-6-26(7-2,22-12-13-34-24(22)25(31)32-5)16-33-21-14-17(3)23(18(4)15-21)19-8-10-20(11-9-19)27(28,29)30/h8-15H,6-7,16H2,1-5H3. The molecule has 0 amide bonds. The number of hydrogen-bond acceptors (Lipinski definition) is 4. The molecule has 0 fully saturated rings. The van der Waals surface area contributed by atoms with Crippen molar-refractivity contribution >= 4 is 17.3 Å². The van der Waals surface area contributed by atoms with Crippen molar-refractivity contribution < 1.29 is 27.4 Å². The topological polar surface area (TPSA) is 35.5 Å². The third-order valence-corrected chi connectivity index (χ3v) is 7.38. The molecular weight excluding hydrogens is 461 g/mol. The van der Waals surface area contributed by atoms with Crippen molar-refractivity contribution in [3.8, 4) is 16.9 Å². The third kappa shape index (κ3) is 5.14. The maximum absolute atomic E-state index is 12.9. The van der Waals surface area contributed by atoms with Crippen LogP contribution in [0.4, 0.5) is 13.2 Å². The van der Waals surface area contributed by atoms with E-state index >= 15 is 0 Å². The van der Waals surface area contributed by atoms with Gasteiger partial charge in [-0.25, -0.2) is 4.79 Å². The molecule has 182 valence electrons. The van der Waals surface area contributed by atoms with Crippen molar-refractivity contribution in [2.24, 2.45) is 0 Å². The van der Waals surface area contributed by atoms with Crippen LogP contribution in [0.2, 0.25) is 0 Å². The van der Waals surface area contributed by atoms with Gasteiger partial charge in [-0.05, 0) is 90.2 Å². The highest BCUT2D eigenvalue weighted by Crippen LogP contribution is 2.39. The molecule has 7 heteroatoms. The molecule has 3 nitrogen and oxygen atoms in total. The maximum Gasteiger partial charge on any atom is 0.416 e. The van der Waals surface area contributed by atoms with E-state index in [-0.39, 0.29) is 11.4 Å². The van der Waals surface area contributed by atoms with Crippen molar-refractivity contribution in [1.82, 2.24) is 0 Å². The molecule has 0 saturated carbocycles. The Bertz CT molecular complexity index is 1120. The summed E-state index contributed by atoms with van der Waals surface area (Å²) in [6, 6.07) is 11.0. The predicted octanol–water partition coefficient (Wildman–Crippen LogP) is 7.97. The van der Waals surface area contributed by atoms with Crippen LogP contribution < -0.4 is 4.74 Å². The number of hydrogen-bond donors (Lipinski definition) is 0. The minimum atomic E-state index is -4.36. The number of aryl methyl sites for hydroxylation is 2. The zero-order valence-corrected chi connectivity index (χ0v) is 20.8. The molecular formula is C27H29F3O3S. The number of methoxy groups -OCH3 is 1. The first kappa shape index (κ1) is 25.8. The first-order chi connectivity index (χ1) is 16.1. The molecule has 2 aromatic carbocycles. The van der Waals surface area contributed by atoms with Gasteiger partial charge in [0, 0.05) is 5.41 Å². The molecule has 3 aromatic rings. The van der Waals surface area contributed by atoms with E-state index in [1.54, 1.807) is 0 Å². The number of halogens is 3. The Morgan fingerprint density at radius 3 is 2.06 bits per heavy atom. The summed E-state index contributed by atoms with van der Waals surface area (Å²) in [5.74, 6) is 0.343. The molecule has 1 aromatic heterocycles. The van der Waals surface area contributed by atoms with Gasteiger partial charge in [0.05, 0.1) is 19.3 Å². The zero-order chi connectivity index (χ0) is 25.1. The Morgan fingerprint density at radius 1 is 0.971 bits per heavy atom. The molecule has 0 N–H and O–H groups in total. The number of esters is 1. The molecule has 0 saturated heterocycles. The van der Waals surface area contributed by atoms with Crippen LogP contribution in [-0.2, 0) is 16.3 Å². The Balaban J connectivity index is 1.88. The first-order valence-electron chi connectivity index (χ1n) is 11.1. The molecule has 0 spiro atoms. The van der Waals surface area contributed by atoms with Crippen molar-refractivity contribution in [3.05, 3.63) is 75.0 Å². The number of ether oxygens (including phenoxy) is 2. The normalized spacial score (nSPS) is 12.0. The van der Waals surface area contributed by atoms with Gasteiger partial charge in [0.1, 0.15) is 10.6 Å². The number of carbonyl (C=O) groups excluding carboxylic acids is 1. The van der Waals surface area contributed by atoms with E-state index in [9.17, 15) is 18.0 Å². The lowest BCUT2D eigenvalue weighted by atomic mass is 9.76. The van der Waals surface area contributed by atoms with Gasteiger partial charge >= 0.3 is 12.1 Å². The van der Waals surface area contributed by atoms with Crippen molar-refractivity contribution in [1.29, 1.82) is 0 Å². The van der Waals surface area contributed by atoms with E-state index in [0.717, 1.165) is 52.8 Å². The SMILES string of the molecule is CCC(CC)(COc1cc(C)c(-c2ccc(C(F)(F)F)cc2)c(C)c1)c1ccsc1C(=O)OC. The summed E-state index contributed by atoms with van der Waals surface area (Å²) >= 11 is 1.37. The summed E-state index contributed by atoms with van der Waals surface area (Å²) < 4.78 is 50.0. The molecule has 0 bridgehead atoms. The first-order valence-corrected chi connectivity index (χ1v) is 12.0. The van der Waals surface area contributed by atoms with Gasteiger partial charge in [-0.1, -0.05) is 26.0 Å². The number of benzene rings is 2. The van der Waals surface area contributed by atoms with E-state index in [0.29, 0.717) is 17.2 Å². The highest BCUT2D eigenvalue weighted by molar-refractivity contribution is 7.12. The van der Waals surface area contributed by atoms with Crippen LogP contribution in [-0.4, -0.2) is 19.7 Å². The lowest BCUT2D eigenvalue weighted by molar-refractivity contribution is -0.137. The van der Waals surface area contributed by atoms with E-state index in [2.05, 4.69) is 13.8 Å². The number of alkyl halides is 3. The predicted molar refractivity (Wildman–Crippen MR) is 130 cm³/mol. The van der Waals surface area contributed by atoms with E-state index in [1.165, 1.54) is 30.6 Å². The Kier molecular flexibility index (Phi) is 7.76. The Labute approximate surface area is 202 Å². The van der Waals surface area contributed by atoms with Crippen molar-refractivity contribution in [2.75, 3.05) is 13.7 Å². The summed E-state index contributed by atoms with van der Waals surface area (Å²) in [4.78, 5) is 12.9. The molecule has 0 aliphatic rings. The third-order valence-electron chi connectivity index (χ3n) is 6.48. The van der Waals surface area contributed by atoms with Crippen LogP contribution in [0, 0.1) is 13.8 Å². The van der Waals surface area contributed by atoms with Gasteiger partial charge in [-0.15, -0.1) is 11.3 Å². The van der Waals surface area contributed by atoms with Gasteiger partial charge < -0.3 is 9.47 Å². The second kappa shape index (κ2) is 10.2. The minimum absolute atomic E-state index is 0.344. The molecule has 3 rings (SSSR count). The van der Waals surface area contributed by atoms with Crippen LogP contribution in [0.25, 0.3) is 11.1 Å². The van der Waals surface area contributed by atoms with E-state index in [4.69, 9.17) is 9.47 Å². The van der Waals surface area contributed by atoms with Crippen molar-refractivity contribution in [2.45, 2.75) is 52.1 Å². The quantitative estimate of drug-likeness (QED) is 0.300. The maximum atomic E-state index is 12.9. The summed E-state index contributed by atoms with van der Waals surface area (Å²) in [6.45, 7) is 8.40. The van der Waals surface area contributed by atoms with Crippen LogP contribution in [0.15, 0.2) is 47.8 Å². The van der Waals surface area contributed by atoms with Gasteiger partial charge in [-0.2, -0.15) is 13.2 Å². The van der Waals surface area contributed by atoms with E-state index in [1.807, 2.05) is 37.4 Å². The van der Waals surface area contributed by atoms with Crippen LogP contribution >= 0.6 is 11.3 Å². The molecule has 0 radical (unpaired) electrons. The van der Waals surface area contributed by atoms with Gasteiger partial charge in [0.2, 0.25) is 0 Å². The Hall–Kier alpha value is -2.80. The molecule has 34 heavy (non-hydrogen) atoms. The van der Waals surface area contributed by atoms with Crippen LogP contribution in [0.5, 0.6) is 5.75 Å². The molecule has 0 atom stereocenters. The van der Waals surface area contributed by atoms with Gasteiger partial charge in [0.15, 0.2) is 0 Å². The number of thiophene rings is 1. The summed E-state index contributed by atoms with van der Waals surface area (Å²) in [6.07, 6.45) is -2.79. The zero-order valence-electron chi connectivity index (χ0n) is 20.0. The fourth-order valence-electron chi connectivity index (χ4n) is 4.40.